The molecule has 0 aliphatic rings. The second-order valence-corrected chi connectivity index (χ2v) is 10.7. The fraction of sp³-hybridized carbons (Fsp3) is 0.115. The molecule has 1 aromatic heterocycles. The topological polar surface area (TPSA) is 80.3 Å². The molecule has 1 heterocycles. The number of methoxy groups -OCH3 is 1. The normalized spacial score (nSPS) is 11.6. The molecule has 3 aromatic carbocycles. The van der Waals surface area contributed by atoms with Crippen LogP contribution < -0.4 is 15.4 Å². The van der Waals surface area contributed by atoms with Crippen molar-refractivity contribution >= 4 is 68.9 Å². The third-order valence-electron chi connectivity index (χ3n) is 5.07. The molecule has 0 bridgehead atoms. The highest BCUT2D eigenvalue weighted by Gasteiger charge is 2.17. The highest BCUT2D eigenvalue weighted by Crippen LogP contribution is 2.33. The number of hydrogen-bond donors (Lipinski definition) is 2. The fourth-order valence-corrected chi connectivity index (χ4v) is 5.29. The summed E-state index contributed by atoms with van der Waals surface area (Å²) in [6.45, 7) is 1.82. The van der Waals surface area contributed by atoms with Crippen LogP contribution >= 0.6 is 46.3 Å². The van der Waals surface area contributed by atoms with Gasteiger partial charge in [0, 0.05) is 32.1 Å². The smallest absolute Gasteiger partial charge is 0.255 e. The van der Waals surface area contributed by atoms with E-state index in [0.29, 0.717) is 37.9 Å². The Morgan fingerprint density at radius 1 is 1.03 bits per heavy atom. The zero-order chi connectivity index (χ0) is 25.7. The molecule has 4 aromatic rings. The van der Waals surface area contributed by atoms with Crippen molar-refractivity contribution in [2.45, 2.75) is 17.1 Å². The van der Waals surface area contributed by atoms with Crippen molar-refractivity contribution in [3.05, 3.63) is 87.7 Å². The Kier molecular flexibility index (Phi) is 8.53. The van der Waals surface area contributed by atoms with Gasteiger partial charge >= 0.3 is 0 Å². The van der Waals surface area contributed by atoms with Crippen molar-refractivity contribution in [2.75, 3.05) is 17.7 Å². The van der Waals surface area contributed by atoms with Gasteiger partial charge in [0.1, 0.15) is 5.75 Å². The van der Waals surface area contributed by atoms with Gasteiger partial charge in [-0.15, -0.1) is 23.1 Å². The van der Waals surface area contributed by atoms with Crippen LogP contribution in [0.5, 0.6) is 5.75 Å². The van der Waals surface area contributed by atoms with E-state index in [-0.39, 0.29) is 17.1 Å². The van der Waals surface area contributed by atoms with Crippen molar-refractivity contribution in [1.29, 1.82) is 0 Å². The van der Waals surface area contributed by atoms with Gasteiger partial charge in [-0.25, -0.2) is 4.98 Å². The van der Waals surface area contributed by atoms with Gasteiger partial charge in [0.15, 0.2) is 5.13 Å². The van der Waals surface area contributed by atoms with E-state index in [9.17, 15) is 9.59 Å². The fourth-order valence-electron chi connectivity index (χ4n) is 3.20. The summed E-state index contributed by atoms with van der Waals surface area (Å²) >= 11 is 15.0. The molecule has 36 heavy (non-hydrogen) atoms. The van der Waals surface area contributed by atoms with Crippen LogP contribution in [0.2, 0.25) is 10.0 Å². The van der Waals surface area contributed by atoms with Gasteiger partial charge < -0.3 is 15.4 Å². The van der Waals surface area contributed by atoms with Crippen molar-refractivity contribution in [3.8, 4) is 17.0 Å². The number of amides is 2. The summed E-state index contributed by atoms with van der Waals surface area (Å²) < 4.78 is 5.17. The van der Waals surface area contributed by atoms with Gasteiger partial charge in [-0.2, -0.15) is 0 Å². The van der Waals surface area contributed by atoms with Crippen LogP contribution in [0.1, 0.15) is 17.3 Å². The van der Waals surface area contributed by atoms with Crippen LogP contribution in [0.15, 0.2) is 77.0 Å². The minimum absolute atomic E-state index is 0.168. The minimum Gasteiger partial charge on any atom is -0.497 e. The number of thiazole rings is 1. The molecule has 2 amide bonds. The summed E-state index contributed by atoms with van der Waals surface area (Å²) in [5.41, 5.74) is 2.57. The first-order chi connectivity index (χ1) is 17.3. The van der Waals surface area contributed by atoms with Crippen LogP contribution in [0.3, 0.4) is 0 Å². The van der Waals surface area contributed by atoms with E-state index in [1.165, 1.54) is 23.1 Å². The van der Waals surface area contributed by atoms with E-state index in [4.69, 9.17) is 27.9 Å². The zero-order valence-electron chi connectivity index (χ0n) is 19.2. The quantitative estimate of drug-likeness (QED) is 0.219. The number of halogens is 2. The largest absolute Gasteiger partial charge is 0.497 e. The second-order valence-electron chi connectivity index (χ2n) is 7.62. The first kappa shape index (κ1) is 26.0. The molecule has 1 atom stereocenters. The van der Waals surface area contributed by atoms with E-state index in [2.05, 4.69) is 15.6 Å². The van der Waals surface area contributed by atoms with Crippen LogP contribution in [0.25, 0.3) is 11.3 Å². The molecule has 4 rings (SSSR count). The van der Waals surface area contributed by atoms with Crippen LogP contribution in [-0.2, 0) is 4.79 Å². The molecule has 0 saturated heterocycles. The Morgan fingerprint density at radius 3 is 2.53 bits per heavy atom. The Labute approximate surface area is 227 Å². The van der Waals surface area contributed by atoms with Crippen LogP contribution in [-0.4, -0.2) is 29.2 Å². The molecule has 0 aliphatic carbocycles. The van der Waals surface area contributed by atoms with Crippen molar-refractivity contribution in [3.63, 3.8) is 0 Å². The number of aromatic nitrogens is 1. The molecule has 0 radical (unpaired) electrons. The molecule has 0 fully saturated rings. The summed E-state index contributed by atoms with van der Waals surface area (Å²) in [4.78, 5) is 30.6. The molecule has 1 unspecified atom stereocenters. The lowest BCUT2D eigenvalue weighted by Gasteiger charge is -2.11. The van der Waals surface area contributed by atoms with E-state index >= 15 is 0 Å². The summed E-state index contributed by atoms with van der Waals surface area (Å²) in [7, 11) is 1.56. The first-order valence-corrected chi connectivity index (χ1v) is 13.3. The molecule has 0 saturated carbocycles. The van der Waals surface area contributed by atoms with Crippen LogP contribution in [0, 0.1) is 0 Å². The Balaban J connectivity index is 1.33. The van der Waals surface area contributed by atoms with E-state index < -0.39 is 0 Å². The van der Waals surface area contributed by atoms with Crippen LogP contribution in [0.4, 0.5) is 10.8 Å². The maximum absolute atomic E-state index is 12.7. The molecule has 0 spiro atoms. The van der Waals surface area contributed by atoms with Gasteiger partial charge in [-0.3, -0.25) is 9.59 Å². The number of thioether (sulfide) groups is 1. The Bertz CT molecular complexity index is 1390. The Morgan fingerprint density at radius 2 is 1.81 bits per heavy atom. The van der Waals surface area contributed by atoms with Crippen molar-refractivity contribution in [2.24, 2.45) is 0 Å². The first-order valence-electron chi connectivity index (χ1n) is 10.8. The zero-order valence-corrected chi connectivity index (χ0v) is 22.4. The Hall–Kier alpha value is -3.04. The number of rotatable bonds is 8. The lowest BCUT2D eigenvalue weighted by molar-refractivity contribution is -0.115. The molecular formula is C26H21Cl2N3O3S2. The number of benzene rings is 3. The molecular weight excluding hydrogens is 537 g/mol. The van der Waals surface area contributed by atoms with E-state index in [1.54, 1.807) is 61.7 Å². The summed E-state index contributed by atoms with van der Waals surface area (Å²) in [5.74, 6) is 0.215. The SMILES string of the molecule is COc1cccc(C(=O)Nc2ccc(SC(C)C(=O)Nc3nc(-c4ccc(Cl)cc4Cl)cs3)cc2)c1. The monoisotopic (exact) mass is 557 g/mol. The van der Waals surface area contributed by atoms with Gasteiger partial charge in [0.2, 0.25) is 5.91 Å². The maximum Gasteiger partial charge on any atom is 0.255 e. The summed E-state index contributed by atoms with van der Waals surface area (Å²) in [5, 5.41) is 8.72. The number of ether oxygens (including phenoxy) is 1. The molecule has 0 aliphatic heterocycles. The number of nitrogens with zero attached hydrogens (tertiary/aromatic N) is 1. The number of nitrogens with one attached hydrogen (secondary N) is 2. The summed E-state index contributed by atoms with van der Waals surface area (Å²) in [6.07, 6.45) is 0. The predicted octanol–water partition coefficient (Wildman–Crippen LogP) is 7.50. The van der Waals surface area contributed by atoms with Crippen molar-refractivity contribution < 1.29 is 14.3 Å². The number of carbonyl (C=O) groups excluding carboxylic acids is 2. The number of hydrogen-bond acceptors (Lipinski definition) is 6. The lowest BCUT2D eigenvalue weighted by atomic mass is 10.2. The maximum atomic E-state index is 12.7. The average Bonchev–Trinajstić information content (AvgIpc) is 3.33. The van der Waals surface area contributed by atoms with Gasteiger partial charge in [-0.05, 0) is 67.6 Å². The second kappa shape index (κ2) is 11.8. The molecule has 6 nitrogen and oxygen atoms in total. The highest BCUT2D eigenvalue weighted by atomic mass is 35.5. The number of anilines is 2. The third kappa shape index (κ3) is 6.59. The molecule has 10 heteroatoms. The third-order valence-corrected chi connectivity index (χ3v) is 7.49. The van der Waals surface area contributed by atoms with Gasteiger partial charge in [-0.1, -0.05) is 29.3 Å². The van der Waals surface area contributed by atoms with Gasteiger partial charge in [0.05, 0.1) is 23.1 Å². The standard InChI is InChI=1S/C26H21Cl2N3O3S2/c1-15(24(32)31-26-30-23(14-35-26)21-11-6-17(27)13-22(21)28)36-20-9-7-18(8-10-20)29-25(33)16-4-3-5-19(12-16)34-2/h3-15H,1-2H3,(H,29,33)(H,30,31,32). The highest BCUT2D eigenvalue weighted by molar-refractivity contribution is 8.00. The lowest BCUT2D eigenvalue weighted by Crippen LogP contribution is -2.22. The van der Waals surface area contributed by atoms with Gasteiger partial charge in [0.25, 0.3) is 5.91 Å². The molecule has 184 valence electrons. The minimum atomic E-state index is -0.367. The van der Waals surface area contributed by atoms with Crippen molar-refractivity contribution in [1.82, 2.24) is 4.98 Å². The number of carbonyl (C=O) groups is 2. The van der Waals surface area contributed by atoms with E-state index in [1.807, 2.05) is 24.4 Å². The summed E-state index contributed by atoms with van der Waals surface area (Å²) in [6, 6.07) is 19.5. The van der Waals surface area contributed by atoms with E-state index in [0.717, 1.165) is 10.5 Å². The average molecular weight is 559 g/mol. The predicted molar refractivity (Wildman–Crippen MR) is 149 cm³/mol. The molecule has 2 N–H and O–H groups in total.